The molecule has 1 unspecified atom stereocenters. The highest BCUT2D eigenvalue weighted by molar-refractivity contribution is 5.99. The normalized spacial score (nSPS) is 17.5. The van der Waals surface area contributed by atoms with Crippen LogP contribution in [-0.2, 0) is 16.8 Å². The number of amides is 1. The third-order valence-corrected chi connectivity index (χ3v) is 3.87. The topological polar surface area (TPSA) is 52.6 Å². The quantitative estimate of drug-likeness (QED) is 0.820. The fraction of sp³-hybridized carbons (Fsp3) is 0.533. The van der Waals surface area contributed by atoms with Gasteiger partial charge >= 0.3 is 0 Å². The molecule has 19 heavy (non-hydrogen) atoms. The Kier molecular flexibility index (Phi) is 3.65. The van der Waals surface area contributed by atoms with Crippen LogP contribution in [0, 0.1) is 5.92 Å². The lowest BCUT2D eigenvalue weighted by molar-refractivity contribution is -0.156. The van der Waals surface area contributed by atoms with Crippen LogP contribution in [0.1, 0.15) is 38.3 Å². The van der Waals surface area contributed by atoms with Crippen molar-refractivity contribution in [1.29, 1.82) is 0 Å². The van der Waals surface area contributed by atoms with Crippen LogP contribution < -0.4 is 5.32 Å². The summed E-state index contributed by atoms with van der Waals surface area (Å²) in [6.45, 7) is 6.30. The maximum atomic E-state index is 11.4. The molecule has 0 saturated heterocycles. The molecule has 104 valence electrons. The molecule has 2 rings (SSSR count). The van der Waals surface area contributed by atoms with Crippen LogP contribution in [0.4, 0.5) is 5.69 Å². The predicted octanol–water partition coefficient (Wildman–Crippen LogP) is 2.76. The Labute approximate surface area is 114 Å². The van der Waals surface area contributed by atoms with E-state index in [0.717, 1.165) is 23.2 Å². The average molecular weight is 262 g/mol. The van der Waals surface area contributed by atoms with Crippen molar-refractivity contribution in [3.05, 3.63) is 29.3 Å². The fourth-order valence-electron chi connectivity index (χ4n) is 2.80. The van der Waals surface area contributed by atoms with Crippen LogP contribution in [-0.4, -0.2) is 23.2 Å². The summed E-state index contributed by atoms with van der Waals surface area (Å²) in [6.07, 6.45) is 1.27. The number of carbonyl (C=O) groups excluding carboxylic acids is 1. The molecule has 1 aliphatic heterocycles. The van der Waals surface area contributed by atoms with Crippen LogP contribution in [0.3, 0.4) is 0 Å². The van der Waals surface area contributed by atoms with Gasteiger partial charge in [-0.05, 0) is 36.5 Å². The first-order chi connectivity index (χ1) is 8.83. The van der Waals surface area contributed by atoms with Crippen molar-refractivity contribution in [2.45, 2.75) is 39.2 Å². The molecule has 1 aliphatic rings. The Morgan fingerprint density at radius 1 is 1.47 bits per heavy atom. The van der Waals surface area contributed by atoms with Crippen LogP contribution in [0.5, 0.6) is 0 Å². The van der Waals surface area contributed by atoms with Crippen LogP contribution in [0.2, 0.25) is 0 Å². The molecule has 4 heteroatoms. The molecule has 0 saturated carbocycles. The number of rotatable bonds is 4. The molecule has 1 amide bonds. The van der Waals surface area contributed by atoms with E-state index < -0.39 is 5.54 Å². The highest BCUT2D eigenvalue weighted by Gasteiger charge is 2.33. The number of benzene rings is 1. The van der Waals surface area contributed by atoms with Gasteiger partial charge < -0.3 is 10.5 Å². The van der Waals surface area contributed by atoms with Gasteiger partial charge in [0.15, 0.2) is 0 Å². The fourth-order valence-corrected chi connectivity index (χ4v) is 2.80. The third kappa shape index (κ3) is 2.65. The zero-order valence-corrected chi connectivity index (χ0v) is 12.0. The van der Waals surface area contributed by atoms with Crippen molar-refractivity contribution in [3.63, 3.8) is 0 Å². The van der Waals surface area contributed by atoms with E-state index >= 15 is 0 Å². The van der Waals surface area contributed by atoms with E-state index in [2.05, 4.69) is 19.2 Å². The van der Waals surface area contributed by atoms with Gasteiger partial charge in [0.2, 0.25) is 5.91 Å². The Bertz CT molecular complexity index is 497. The smallest absolute Gasteiger partial charge is 0.228 e. The van der Waals surface area contributed by atoms with E-state index in [-0.39, 0.29) is 5.91 Å². The van der Waals surface area contributed by atoms with Gasteiger partial charge in [0.05, 0.1) is 12.0 Å². The summed E-state index contributed by atoms with van der Waals surface area (Å²) in [5.41, 5.74) is 2.51. The van der Waals surface area contributed by atoms with Gasteiger partial charge in [-0.3, -0.25) is 4.79 Å². The molecule has 0 fully saturated rings. The molecular weight excluding hydrogens is 240 g/mol. The molecule has 4 nitrogen and oxygen atoms in total. The largest absolute Gasteiger partial charge is 0.326 e. The van der Waals surface area contributed by atoms with Crippen LogP contribution in [0.15, 0.2) is 18.2 Å². The van der Waals surface area contributed by atoms with Gasteiger partial charge in [-0.1, -0.05) is 26.0 Å². The van der Waals surface area contributed by atoms with Crippen molar-refractivity contribution in [2.24, 2.45) is 5.92 Å². The first-order valence-electron chi connectivity index (χ1n) is 6.69. The Morgan fingerprint density at radius 2 is 2.16 bits per heavy atom. The molecule has 1 heterocycles. The van der Waals surface area contributed by atoms with Crippen molar-refractivity contribution in [3.8, 4) is 0 Å². The molecule has 0 aliphatic carbocycles. The molecule has 0 radical (unpaired) electrons. The molecular formula is C15H22N2O2. The summed E-state index contributed by atoms with van der Waals surface area (Å²) in [5.74, 6) is 0.502. The van der Waals surface area contributed by atoms with E-state index in [1.807, 2.05) is 25.1 Å². The lowest BCUT2D eigenvalue weighted by Crippen LogP contribution is -2.40. The second-order valence-electron chi connectivity index (χ2n) is 5.99. The van der Waals surface area contributed by atoms with Gasteiger partial charge in [0.1, 0.15) is 0 Å². The van der Waals surface area contributed by atoms with E-state index in [1.165, 1.54) is 5.06 Å². The van der Waals surface area contributed by atoms with Gasteiger partial charge in [-0.2, -0.15) is 5.06 Å². The van der Waals surface area contributed by atoms with Gasteiger partial charge in [-0.15, -0.1) is 0 Å². The Hall–Kier alpha value is -1.39. The lowest BCUT2D eigenvalue weighted by Gasteiger charge is -2.37. The molecule has 1 aromatic carbocycles. The lowest BCUT2D eigenvalue weighted by atomic mass is 9.83. The van der Waals surface area contributed by atoms with Gasteiger partial charge in [-0.25, -0.2) is 0 Å². The minimum absolute atomic E-state index is 0.0371. The number of fused-ring (bicyclic) bond motifs is 1. The Balaban J connectivity index is 2.39. The number of anilines is 1. The van der Waals surface area contributed by atoms with E-state index in [9.17, 15) is 10.0 Å². The van der Waals surface area contributed by atoms with Crippen LogP contribution in [0.25, 0.3) is 0 Å². The number of hydrogen-bond acceptors (Lipinski definition) is 3. The first-order valence-corrected chi connectivity index (χ1v) is 6.69. The van der Waals surface area contributed by atoms with E-state index in [4.69, 9.17) is 0 Å². The number of nitrogens with zero attached hydrogens (tertiary/aromatic N) is 1. The van der Waals surface area contributed by atoms with Gasteiger partial charge in [0.25, 0.3) is 0 Å². The highest BCUT2D eigenvalue weighted by atomic mass is 16.5. The summed E-state index contributed by atoms with van der Waals surface area (Å²) in [4.78, 5) is 11.4. The Morgan fingerprint density at radius 3 is 2.74 bits per heavy atom. The maximum Gasteiger partial charge on any atom is 0.228 e. The molecule has 0 aromatic heterocycles. The maximum absolute atomic E-state index is 11.4. The number of hydrogen-bond donors (Lipinski definition) is 2. The second kappa shape index (κ2) is 4.94. The zero-order chi connectivity index (χ0) is 14.2. The average Bonchev–Trinajstić information content (AvgIpc) is 2.66. The molecule has 1 aromatic rings. The van der Waals surface area contributed by atoms with Crippen LogP contribution >= 0.6 is 0 Å². The van der Waals surface area contributed by atoms with Crippen molar-refractivity contribution < 1.29 is 10.0 Å². The summed E-state index contributed by atoms with van der Waals surface area (Å²) in [5, 5.41) is 14.1. The SMILES string of the molecule is CC(C)CC(C)(c1ccc2c(c1)CC(=O)N2)N(C)O. The summed E-state index contributed by atoms with van der Waals surface area (Å²) < 4.78 is 0. The standard InChI is InChI=1S/C15H22N2O2/c1-10(2)9-15(3,17(4)19)12-5-6-13-11(7-12)8-14(18)16-13/h5-7,10,19H,8-9H2,1-4H3,(H,16,18). The second-order valence-corrected chi connectivity index (χ2v) is 5.99. The summed E-state index contributed by atoms with van der Waals surface area (Å²) >= 11 is 0. The highest BCUT2D eigenvalue weighted by Crippen LogP contribution is 2.35. The molecule has 1 atom stereocenters. The monoisotopic (exact) mass is 262 g/mol. The summed E-state index contributed by atoms with van der Waals surface area (Å²) in [6, 6.07) is 5.94. The van der Waals surface area contributed by atoms with Crippen molar-refractivity contribution in [2.75, 3.05) is 12.4 Å². The predicted molar refractivity (Wildman–Crippen MR) is 75.1 cm³/mol. The van der Waals surface area contributed by atoms with E-state index in [1.54, 1.807) is 7.05 Å². The molecule has 2 N–H and O–H groups in total. The first kappa shape index (κ1) is 14.0. The molecule has 0 spiro atoms. The zero-order valence-electron chi connectivity index (χ0n) is 12.0. The minimum atomic E-state index is -0.436. The van der Waals surface area contributed by atoms with E-state index in [0.29, 0.717) is 12.3 Å². The summed E-state index contributed by atoms with van der Waals surface area (Å²) in [7, 11) is 1.68. The number of carbonyl (C=O) groups is 1. The minimum Gasteiger partial charge on any atom is -0.326 e. The van der Waals surface area contributed by atoms with Crippen molar-refractivity contribution >= 4 is 11.6 Å². The number of hydroxylamine groups is 2. The number of nitrogens with one attached hydrogen (secondary N) is 1. The van der Waals surface area contributed by atoms with Crippen molar-refractivity contribution in [1.82, 2.24) is 5.06 Å². The van der Waals surface area contributed by atoms with Gasteiger partial charge in [0, 0.05) is 12.7 Å². The third-order valence-electron chi connectivity index (χ3n) is 3.87. The molecule has 0 bridgehead atoms.